The van der Waals surface area contributed by atoms with E-state index in [0.29, 0.717) is 17.6 Å². The number of nitrogens with zero attached hydrogens (tertiary/aromatic N) is 3. The third kappa shape index (κ3) is 2.83. The van der Waals surface area contributed by atoms with E-state index in [1.165, 1.54) is 4.68 Å². The summed E-state index contributed by atoms with van der Waals surface area (Å²) < 4.78 is 1.28. The maximum Gasteiger partial charge on any atom is 0.344 e. The van der Waals surface area contributed by atoms with Gasteiger partial charge in [-0.2, -0.15) is 4.68 Å². The standard InChI is InChI=1S/C15H15ClN4O/c1-10-6-7-11(8-12(10)16)9-17-15(21)20-14-5-3-2-4-13(14)18-19-20/h2-6,8,11H,7,9H2,1H3,(H,17,21). The molecule has 0 fully saturated rings. The third-order valence-electron chi connectivity index (χ3n) is 3.55. The Hall–Kier alpha value is -2.14. The second kappa shape index (κ2) is 5.69. The van der Waals surface area contributed by atoms with E-state index in [1.807, 2.05) is 37.3 Å². The number of carbonyl (C=O) groups is 1. The van der Waals surface area contributed by atoms with Crippen molar-refractivity contribution in [2.45, 2.75) is 13.3 Å². The first-order chi connectivity index (χ1) is 10.1. The Morgan fingerprint density at radius 1 is 1.48 bits per heavy atom. The van der Waals surface area contributed by atoms with Gasteiger partial charge in [0.15, 0.2) is 0 Å². The molecule has 108 valence electrons. The number of aromatic nitrogens is 3. The summed E-state index contributed by atoms with van der Waals surface area (Å²) in [5, 5.41) is 11.5. The van der Waals surface area contributed by atoms with E-state index in [-0.39, 0.29) is 11.9 Å². The monoisotopic (exact) mass is 302 g/mol. The molecule has 0 spiro atoms. The Labute approximate surface area is 127 Å². The van der Waals surface area contributed by atoms with Gasteiger partial charge < -0.3 is 5.32 Å². The zero-order chi connectivity index (χ0) is 14.8. The fraction of sp³-hybridized carbons (Fsp3) is 0.267. The molecule has 1 unspecified atom stereocenters. The molecule has 1 aliphatic carbocycles. The van der Waals surface area contributed by atoms with Crippen LogP contribution in [0.15, 0.2) is 47.0 Å². The minimum atomic E-state index is -0.278. The summed E-state index contributed by atoms with van der Waals surface area (Å²) in [5.41, 5.74) is 2.48. The molecular formula is C15H15ClN4O. The molecule has 0 saturated carbocycles. The lowest BCUT2D eigenvalue weighted by Gasteiger charge is -2.17. The molecule has 1 aromatic heterocycles. The minimum Gasteiger partial charge on any atom is -0.336 e. The van der Waals surface area contributed by atoms with Gasteiger partial charge in [-0.15, -0.1) is 5.10 Å². The summed E-state index contributed by atoms with van der Waals surface area (Å²) in [7, 11) is 0. The molecule has 6 heteroatoms. The number of para-hydroxylation sites is 1. The molecule has 1 aliphatic rings. The molecule has 0 saturated heterocycles. The summed E-state index contributed by atoms with van der Waals surface area (Å²) in [6.45, 7) is 2.50. The second-order valence-corrected chi connectivity index (χ2v) is 5.48. The van der Waals surface area contributed by atoms with Crippen molar-refractivity contribution in [3.05, 3.63) is 47.0 Å². The summed E-state index contributed by atoms with van der Waals surface area (Å²) >= 11 is 6.11. The van der Waals surface area contributed by atoms with Gasteiger partial charge in [-0.25, -0.2) is 4.79 Å². The Morgan fingerprint density at radius 2 is 2.29 bits per heavy atom. The van der Waals surface area contributed by atoms with Crippen molar-refractivity contribution in [3.8, 4) is 0 Å². The number of carbonyl (C=O) groups excluding carboxylic acids is 1. The lowest BCUT2D eigenvalue weighted by Crippen LogP contribution is -2.33. The van der Waals surface area contributed by atoms with E-state index in [0.717, 1.165) is 17.0 Å². The Bertz CT molecular complexity index is 747. The van der Waals surface area contributed by atoms with Gasteiger partial charge in [0.05, 0.1) is 5.52 Å². The van der Waals surface area contributed by atoms with Crippen molar-refractivity contribution in [2.24, 2.45) is 5.92 Å². The lowest BCUT2D eigenvalue weighted by molar-refractivity contribution is 0.239. The largest absolute Gasteiger partial charge is 0.344 e. The van der Waals surface area contributed by atoms with Crippen LogP contribution in [-0.4, -0.2) is 27.6 Å². The molecule has 3 rings (SSSR count). The van der Waals surface area contributed by atoms with Crippen LogP contribution in [0, 0.1) is 5.92 Å². The summed E-state index contributed by atoms with van der Waals surface area (Å²) in [5.74, 6) is 0.208. The summed E-state index contributed by atoms with van der Waals surface area (Å²) in [4.78, 5) is 12.2. The maximum atomic E-state index is 12.2. The van der Waals surface area contributed by atoms with E-state index in [2.05, 4.69) is 21.7 Å². The molecule has 1 N–H and O–H groups in total. The van der Waals surface area contributed by atoms with Crippen LogP contribution in [0.4, 0.5) is 4.79 Å². The highest BCUT2D eigenvalue weighted by molar-refractivity contribution is 6.32. The van der Waals surface area contributed by atoms with Crippen LogP contribution in [0.25, 0.3) is 11.0 Å². The smallest absolute Gasteiger partial charge is 0.336 e. The number of halogens is 1. The van der Waals surface area contributed by atoms with Crippen LogP contribution in [-0.2, 0) is 0 Å². The Kier molecular flexibility index (Phi) is 3.75. The maximum absolute atomic E-state index is 12.2. The number of fused-ring (bicyclic) bond motifs is 1. The van der Waals surface area contributed by atoms with Crippen LogP contribution in [0.3, 0.4) is 0 Å². The SMILES string of the molecule is CC1=CCC(CNC(=O)n2nnc3ccccc32)C=C1Cl. The van der Waals surface area contributed by atoms with Crippen molar-refractivity contribution in [2.75, 3.05) is 6.54 Å². The topological polar surface area (TPSA) is 59.8 Å². The first kappa shape index (κ1) is 13.8. The normalized spacial score (nSPS) is 18.3. The van der Waals surface area contributed by atoms with Gasteiger partial charge in [0.1, 0.15) is 5.52 Å². The lowest BCUT2D eigenvalue weighted by atomic mass is 9.97. The van der Waals surface area contributed by atoms with E-state index in [9.17, 15) is 4.79 Å². The molecule has 5 nitrogen and oxygen atoms in total. The molecule has 0 aliphatic heterocycles. The predicted octanol–water partition coefficient (Wildman–Crippen LogP) is 3.08. The second-order valence-electron chi connectivity index (χ2n) is 5.07. The number of allylic oxidation sites excluding steroid dienone is 3. The van der Waals surface area contributed by atoms with Gasteiger partial charge in [-0.05, 0) is 37.0 Å². The van der Waals surface area contributed by atoms with Crippen molar-refractivity contribution in [1.29, 1.82) is 0 Å². The minimum absolute atomic E-state index is 0.208. The molecule has 2 aromatic rings. The number of hydrogen-bond acceptors (Lipinski definition) is 3. The van der Waals surface area contributed by atoms with E-state index < -0.39 is 0 Å². The zero-order valence-electron chi connectivity index (χ0n) is 11.6. The Balaban J connectivity index is 1.68. The number of rotatable bonds is 2. The molecular weight excluding hydrogens is 288 g/mol. The molecule has 1 atom stereocenters. The van der Waals surface area contributed by atoms with Gasteiger partial charge in [-0.3, -0.25) is 0 Å². The van der Waals surface area contributed by atoms with Crippen LogP contribution in [0.1, 0.15) is 13.3 Å². The van der Waals surface area contributed by atoms with Gasteiger partial charge in [-0.1, -0.05) is 41.1 Å². The van der Waals surface area contributed by atoms with Crippen molar-refractivity contribution < 1.29 is 4.79 Å². The summed E-state index contributed by atoms with van der Waals surface area (Å²) in [6, 6.07) is 7.08. The molecule has 0 radical (unpaired) electrons. The zero-order valence-corrected chi connectivity index (χ0v) is 12.3. The van der Waals surface area contributed by atoms with E-state index in [4.69, 9.17) is 11.6 Å². The molecule has 1 heterocycles. The highest BCUT2D eigenvalue weighted by Crippen LogP contribution is 2.24. The van der Waals surface area contributed by atoms with Crippen molar-refractivity contribution in [3.63, 3.8) is 0 Å². The third-order valence-corrected chi connectivity index (χ3v) is 3.97. The van der Waals surface area contributed by atoms with Gasteiger partial charge in [0.25, 0.3) is 0 Å². The molecule has 1 aromatic carbocycles. The van der Waals surface area contributed by atoms with Gasteiger partial charge in [0.2, 0.25) is 0 Å². The quantitative estimate of drug-likeness (QED) is 0.927. The van der Waals surface area contributed by atoms with Gasteiger partial charge in [0, 0.05) is 11.6 Å². The number of hydrogen-bond donors (Lipinski definition) is 1. The number of benzene rings is 1. The van der Waals surface area contributed by atoms with E-state index >= 15 is 0 Å². The average Bonchev–Trinajstić information content (AvgIpc) is 2.92. The van der Waals surface area contributed by atoms with Crippen LogP contribution >= 0.6 is 11.6 Å². The Morgan fingerprint density at radius 3 is 3.10 bits per heavy atom. The average molecular weight is 303 g/mol. The first-order valence-electron chi connectivity index (χ1n) is 6.78. The van der Waals surface area contributed by atoms with Crippen LogP contribution in [0.2, 0.25) is 0 Å². The van der Waals surface area contributed by atoms with Crippen LogP contribution in [0.5, 0.6) is 0 Å². The molecule has 21 heavy (non-hydrogen) atoms. The fourth-order valence-electron chi connectivity index (χ4n) is 2.29. The number of amides is 1. The first-order valence-corrected chi connectivity index (χ1v) is 7.16. The number of nitrogens with one attached hydrogen (secondary N) is 1. The van der Waals surface area contributed by atoms with Crippen molar-refractivity contribution in [1.82, 2.24) is 20.3 Å². The molecule has 1 amide bonds. The highest BCUT2D eigenvalue weighted by Gasteiger charge is 2.15. The fourth-order valence-corrected chi connectivity index (χ4v) is 2.54. The van der Waals surface area contributed by atoms with Crippen molar-refractivity contribution >= 4 is 28.7 Å². The predicted molar refractivity (Wildman–Crippen MR) is 82.1 cm³/mol. The highest BCUT2D eigenvalue weighted by atomic mass is 35.5. The van der Waals surface area contributed by atoms with Gasteiger partial charge >= 0.3 is 6.03 Å². The van der Waals surface area contributed by atoms with Crippen LogP contribution < -0.4 is 5.32 Å². The molecule has 0 bridgehead atoms. The summed E-state index contributed by atoms with van der Waals surface area (Å²) in [6.07, 6.45) is 4.95. The van der Waals surface area contributed by atoms with E-state index in [1.54, 1.807) is 0 Å².